The Morgan fingerprint density at radius 1 is 1.20 bits per heavy atom. The SMILES string of the molecule is CCNC(=O)CN=C(NCC)NCC(C)(C)c1ccc(F)cc1Cl.I. The molecule has 0 atom stereocenters. The topological polar surface area (TPSA) is 65.5 Å². The largest absolute Gasteiger partial charge is 0.357 e. The average Bonchev–Trinajstić information content (AvgIpc) is 2.50. The van der Waals surface area contributed by atoms with Gasteiger partial charge >= 0.3 is 0 Å². The third kappa shape index (κ3) is 8.22. The predicted molar refractivity (Wildman–Crippen MR) is 113 cm³/mol. The van der Waals surface area contributed by atoms with Crippen LogP contribution in [0.25, 0.3) is 0 Å². The van der Waals surface area contributed by atoms with E-state index in [0.717, 1.165) is 5.56 Å². The van der Waals surface area contributed by atoms with Crippen LogP contribution in [0.5, 0.6) is 0 Å². The highest BCUT2D eigenvalue weighted by Gasteiger charge is 2.24. The second kappa shape index (κ2) is 11.5. The second-order valence-corrected chi connectivity index (χ2v) is 6.42. The molecule has 0 aliphatic rings. The van der Waals surface area contributed by atoms with Crippen molar-refractivity contribution in [2.75, 3.05) is 26.2 Å². The maximum atomic E-state index is 13.2. The molecule has 1 rings (SSSR count). The summed E-state index contributed by atoms with van der Waals surface area (Å²) in [7, 11) is 0. The Balaban J connectivity index is 0.00000576. The van der Waals surface area contributed by atoms with Crippen LogP contribution in [0.15, 0.2) is 23.2 Å². The van der Waals surface area contributed by atoms with Gasteiger partial charge in [0.15, 0.2) is 5.96 Å². The highest BCUT2D eigenvalue weighted by molar-refractivity contribution is 14.0. The van der Waals surface area contributed by atoms with Crippen LogP contribution in [-0.2, 0) is 10.2 Å². The number of hydrogen-bond donors (Lipinski definition) is 3. The lowest BCUT2D eigenvalue weighted by molar-refractivity contribution is -0.119. The molecule has 0 fully saturated rings. The van der Waals surface area contributed by atoms with Crippen LogP contribution in [0.2, 0.25) is 5.02 Å². The lowest BCUT2D eigenvalue weighted by Crippen LogP contribution is -2.44. The molecule has 0 unspecified atom stereocenters. The molecule has 142 valence electrons. The number of nitrogens with zero attached hydrogens (tertiary/aromatic N) is 1. The average molecular weight is 485 g/mol. The number of rotatable bonds is 7. The van der Waals surface area contributed by atoms with Gasteiger partial charge in [-0.2, -0.15) is 0 Å². The molecule has 0 radical (unpaired) electrons. The minimum Gasteiger partial charge on any atom is -0.357 e. The minimum absolute atomic E-state index is 0. The summed E-state index contributed by atoms with van der Waals surface area (Å²) in [4.78, 5) is 15.8. The first-order valence-electron chi connectivity index (χ1n) is 8.04. The molecule has 1 amide bonds. The summed E-state index contributed by atoms with van der Waals surface area (Å²) in [5.74, 6) is 0.0648. The zero-order chi connectivity index (χ0) is 18.2. The molecule has 1 aromatic rings. The molecular formula is C17H27ClFIN4O. The van der Waals surface area contributed by atoms with E-state index in [1.165, 1.54) is 12.1 Å². The fourth-order valence-corrected chi connectivity index (χ4v) is 2.61. The minimum atomic E-state index is -0.357. The van der Waals surface area contributed by atoms with E-state index >= 15 is 0 Å². The van der Waals surface area contributed by atoms with Gasteiger partial charge in [0.1, 0.15) is 12.4 Å². The molecule has 0 saturated heterocycles. The maximum Gasteiger partial charge on any atom is 0.241 e. The van der Waals surface area contributed by atoms with Gasteiger partial charge in [-0.1, -0.05) is 31.5 Å². The molecule has 25 heavy (non-hydrogen) atoms. The normalized spacial score (nSPS) is 11.5. The van der Waals surface area contributed by atoms with Crippen LogP contribution in [0.4, 0.5) is 4.39 Å². The molecule has 5 nitrogen and oxygen atoms in total. The van der Waals surface area contributed by atoms with Crippen molar-refractivity contribution in [1.82, 2.24) is 16.0 Å². The van der Waals surface area contributed by atoms with Crippen LogP contribution in [-0.4, -0.2) is 38.0 Å². The van der Waals surface area contributed by atoms with Crippen LogP contribution in [0.3, 0.4) is 0 Å². The van der Waals surface area contributed by atoms with Gasteiger partial charge in [0.25, 0.3) is 0 Å². The predicted octanol–water partition coefficient (Wildman–Crippen LogP) is 3.07. The number of hydrogen-bond acceptors (Lipinski definition) is 2. The van der Waals surface area contributed by atoms with E-state index < -0.39 is 0 Å². The summed E-state index contributed by atoms with van der Waals surface area (Å²) in [6, 6.07) is 4.41. The van der Waals surface area contributed by atoms with Crippen molar-refractivity contribution in [1.29, 1.82) is 0 Å². The number of benzene rings is 1. The lowest BCUT2D eigenvalue weighted by atomic mass is 9.84. The van der Waals surface area contributed by atoms with Gasteiger partial charge in [0, 0.05) is 30.1 Å². The van der Waals surface area contributed by atoms with E-state index in [0.29, 0.717) is 30.6 Å². The summed E-state index contributed by atoms with van der Waals surface area (Å²) < 4.78 is 13.2. The number of nitrogens with one attached hydrogen (secondary N) is 3. The van der Waals surface area contributed by atoms with E-state index in [1.807, 2.05) is 27.7 Å². The number of likely N-dealkylation sites (N-methyl/N-ethyl adjacent to an activating group) is 1. The number of halogens is 3. The van der Waals surface area contributed by atoms with Crippen molar-refractivity contribution >= 4 is 47.4 Å². The summed E-state index contributed by atoms with van der Waals surface area (Å²) in [6.07, 6.45) is 0. The van der Waals surface area contributed by atoms with Crippen molar-refractivity contribution in [3.63, 3.8) is 0 Å². The number of aliphatic imine (C=N–C) groups is 1. The van der Waals surface area contributed by atoms with E-state index in [2.05, 4.69) is 20.9 Å². The van der Waals surface area contributed by atoms with Crippen LogP contribution in [0.1, 0.15) is 33.3 Å². The number of carbonyl (C=O) groups excluding carboxylic acids is 1. The molecule has 0 saturated carbocycles. The molecule has 0 aliphatic heterocycles. The standard InChI is InChI=1S/C17H26ClFN4O.HI/c1-5-20-15(24)10-22-16(21-6-2)23-11-17(3,4)13-8-7-12(19)9-14(13)18;/h7-9H,5-6,10-11H2,1-4H3,(H,20,24)(H2,21,22,23);1H. The molecule has 0 bridgehead atoms. The molecule has 0 aliphatic carbocycles. The van der Waals surface area contributed by atoms with Crippen molar-refractivity contribution in [2.45, 2.75) is 33.1 Å². The zero-order valence-corrected chi connectivity index (χ0v) is 18.2. The smallest absolute Gasteiger partial charge is 0.241 e. The summed E-state index contributed by atoms with van der Waals surface area (Å²) >= 11 is 6.16. The van der Waals surface area contributed by atoms with Crippen LogP contribution < -0.4 is 16.0 Å². The van der Waals surface area contributed by atoms with E-state index in [9.17, 15) is 9.18 Å². The van der Waals surface area contributed by atoms with Gasteiger partial charge in [0.05, 0.1) is 0 Å². The third-order valence-corrected chi connectivity index (χ3v) is 3.77. The van der Waals surface area contributed by atoms with Gasteiger partial charge in [0.2, 0.25) is 5.91 Å². The van der Waals surface area contributed by atoms with Gasteiger partial charge < -0.3 is 16.0 Å². The van der Waals surface area contributed by atoms with Crippen molar-refractivity contribution in [2.24, 2.45) is 4.99 Å². The first kappa shape index (κ1) is 23.9. The van der Waals surface area contributed by atoms with E-state index in [1.54, 1.807) is 6.07 Å². The number of guanidine groups is 1. The third-order valence-electron chi connectivity index (χ3n) is 3.46. The summed E-state index contributed by atoms with van der Waals surface area (Å²) in [5, 5.41) is 9.39. The van der Waals surface area contributed by atoms with Crippen molar-refractivity contribution in [3.8, 4) is 0 Å². The van der Waals surface area contributed by atoms with E-state index in [-0.39, 0.29) is 47.7 Å². The molecule has 0 spiro atoms. The van der Waals surface area contributed by atoms with Crippen LogP contribution in [0, 0.1) is 5.82 Å². The first-order chi connectivity index (χ1) is 11.3. The highest BCUT2D eigenvalue weighted by Crippen LogP contribution is 2.29. The second-order valence-electron chi connectivity index (χ2n) is 6.01. The Morgan fingerprint density at radius 2 is 1.84 bits per heavy atom. The highest BCUT2D eigenvalue weighted by atomic mass is 127. The van der Waals surface area contributed by atoms with Gasteiger partial charge in [-0.25, -0.2) is 9.38 Å². The van der Waals surface area contributed by atoms with Gasteiger partial charge in [-0.05, 0) is 31.5 Å². The van der Waals surface area contributed by atoms with E-state index in [4.69, 9.17) is 11.6 Å². The molecule has 0 heterocycles. The first-order valence-corrected chi connectivity index (χ1v) is 8.42. The Hall–Kier alpha value is -1.09. The maximum absolute atomic E-state index is 13.2. The summed E-state index contributed by atoms with van der Waals surface area (Å²) in [6.45, 7) is 9.66. The quantitative estimate of drug-likeness (QED) is 0.317. The molecular weight excluding hydrogens is 458 g/mol. The monoisotopic (exact) mass is 484 g/mol. The van der Waals surface area contributed by atoms with Crippen molar-refractivity contribution in [3.05, 3.63) is 34.6 Å². The zero-order valence-electron chi connectivity index (χ0n) is 15.1. The van der Waals surface area contributed by atoms with Gasteiger partial charge in [-0.3, -0.25) is 4.79 Å². The molecule has 8 heteroatoms. The van der Waals surface area contributed by atoms with Crippen LogP contribution >= 0.6 is 35.6 Å². The number of carbonyl (C=O) groups is 1. The Labute approximate surface area is 171 Å². The summed E-state index contributed by atoms with van der Waals surface area (Å²) in [5.41, 5.74) is 0.504. The Morgan fingerprint density at radius 3 is 2.40 bits per heavy atom. The number of amides is 1. The van der Waals surface area contributed by atoms with Gasteiger partial charge in [-0.15, -0.1) is 24.0 Å². The van der Waals surface area contributed by atoms with Crippen molar-refractivity contribution < 1.29 is 9.18 Å². The Bertz CT molecular complexity index is 596. The molecule has 1 aromatic carbocycles. The Kier molecular flexibility index (Phi) is 11.0. The molecule has 3 N–H and O–H groups in total. The fourth-order valence-electron chi connectivity index (χ4n) is 2.18. The fraction of sp³-hybridized carbons (Fsp3) is 0.529. The molecule has 0 aromatic heterocycles. The lowest BCUT2D eigenvalue weighted by Gasteiger charge is -2.27.